The number of amides is 1. The molecule has 0 spiro atoms. The van der Waals surface area contributed by atoms with Crippen LogP contribution in [0.3, 0.4) is 0 Å². The van der Waals surface area contributed by atoms with E-state index in [1.165, 1.54) is 4.68 Å². The van der Waals surface area contributed by atoms with E-state index in [1.54, 1.807) is 55.8 Å². The van der Waals surface area contributed by atoms with E-state index in [9.17, 15) is 4.79 Å². The Morgan fingerprint density at radius 3 is 2.88 bits per heavy atom. The fourth-order valence-corrected chi connectivity index (χ4v) is 2.91. The number of carbonyl (C=O) groups excluding carboxylic acids is 1. The standard InChI is InChI=1S/C18H15BrClN3O3/c1-25-14-4-2-3-13(10-14)21-18(24)16-7-8-23(22-16)11-26-17-6-5-12(19)9-15(17)20/h2-10H,11H2,1H3,(H,21,24). The van der Waals surface area contributed by atoms with E-state index in [0.29, 0.717) is 22.2 Å². The third kappa shape index (κ3) is 4.56. The first kappa shape index (κ1) is 18.3. The molecule has 1 aromatic heterocycles. The minimum Gasteiger partial charge on any atom is -0.497 e. The lowest BCUT2D eigenvalue weighted by Crippen LogP contribution is -2.14. The Labute approximate surface area is 163 Å². The number of nitrogens with zero attached hydrogens (tertiary/aromatic N) is 2. The van der Waals surface area contributed by atoms with E-state index < -0.39 is 0 Å². The van der Waals surface area contributed by atoms with Crippen molar-refractivity contribution in [2.24, 2.45) is 0 Å². The summed E-state index contributed by atoms with van der Waals surface area (Å²) in [4.78, 5) is 12.3. The minimum absolute atomic E-state index is 0.133. The maximum Gasteiger partial charge on any atom is 0.276 e. The summed E-state index contributed by atoms with van der Waals surface area (Å²) >= 11 is 9.45. The normalized spacial score (nSPS) is 10.4. The smallest absolute Gasteiger partial charge is 0.276 e. The van der Waals surface area contributed by atoms with E-state index >= 15 is 0 Å². The monoisotopic (exact) mass is 435 g/mol. The first-order valence-electron chi connectivity index (χ1n) is 7.62. The zero-order valence-corrected chi connectivity index (χ0v) is 16.1. The lowest BCUT2D eigenvalue weighted by molar-refractivity contribution is 0.102. The molecule has 0 bridgehead atoms. The summed E-state index contributed by atoms with van der Waals surface area (Å²) in [6, 6.07) is 14.0. The molecule has 3 rings (SSSR count). The number of carbonyl (C=O) groups is 1. The van der Waals surface area contributed by atoms with Gasteiger partial charge in [0.05, 0.1) is 12.1 Å². The topological polar surface area (TPSA) is 65.4 Å². The number of rotatable bonds is 6. The van der Waals surface area contributed by atoms with Crippen LogP contribution in [0.1, 0.15) is 10.5 Å². The second kappa shape index (κ2) is 8.25. The Morgan fingerprint density at radius 1 is 1.27 bits per heavy atom. The van der Waals surface area contributed by atoms with Crippen LogP contribution < -0.4 is 14.8 Å². The molecule has 0 saturated heterocycles. The van der Waals surface area contributed by atoms with Gasteiger partial charge in [0.15, 0.2) is 12.4 Å². The third-order valence-electron chi connectivity index (χ3n) is 3.45. The molecule has 1 N–H and O–H groups in total. The Balaban J connectivity index is 1.62. The van der Waals surface area contributed by atoms with E-state index in [0.717, 1.165) is 4.47 Å². The van der Waals surface area contributed by atoms with Crippen molar-refractivity contribution in [3.63, 3.8) is 0 Å². The summed E-state index contributed by atoms with van der Waals surface area (Å²) in [5, 5.41) is 7.47. The predicted molar refractivity (Wildman–Crippen MR) is 103 cm³/mol. The third-order valence-corrected chi connectivity index (χ3v) is 4.24. The van der Waals surface area contributed by atoms with Crippen LogP contribution >= 0.6 is 27.5 Å². The van der Waals surface area contributed by atoms with Crippen LogP contribution in [-0.2, 0) is 6.73 Å². The Kier molecular flexibility index (Phi) is 5.80. The van der Waals surface area contributed by atoms with Crippen LogP contribution in [0.25, 0.3) is 0 Å². The van der Waals surface area contributed by atoms with E-state index in [-0.39, 0.29) is 18.3 Å². The van der Waals surface area contributed by atoms with Crippen molar-refractivity contribution in [1.82, 2.24) is 9.78 Å². The zero-order valence-electron chi connectivity index (χ0n) is 13.8. The van der Waals surface area contributed by atoms with Gasteiger partial charge in [0.1, 0.15) is 11.5 Å². The van der Waals surface area contributed by atoms with Crippen LogP contribution in [-0.4, -0.2) is 22.8 Å². The quantitative estimate of drug-likeness (QED) is 0.613. The molecule has 8 heteroatoms. The molecule has 0 radical (unpaired) electrons. The number of aromatic nitrogens is 2. The summed E-state index contributed by atoms with van der Waals surface area (Å²) in [6.45, 7) is 0.133. The van der Waals surface area contributed by atoms with Gasteiger partial charge in [-0.3, -0.25) is 4.79 Å². The first-order chi connectivity index (χ1) is 12.5. The predicted octanol–water partition coefficient (Wildman–Crippen LogP) is 4.60. The molecule has 0 aliphatic heterocycles. The number of nitrogens with one attached hydrogen (secondary N) is 1. The maximum absolute atomic E-state index is 12.3. The summed E-state index contributed by atoms with van der Waals surface area (Å²) in [6.07, 6.45) is 1.66. The molecule has 0 fully saturated rings. The highest BCUT2D eigenvalue weighted by atomic mass is 79.9. The van der Waals surface area contributed by atoms with Crippen molar-refractivity contribution in [1.29, 1.82) is 0 Å². The van der Waals surface area contributed by atoms with Gasteiger partial charge in [-0.15, -0.1) is 0 Å². The molecule has 0 aliphatic carbocycles. The van der Waals surface area contributed by atoms with Crippen molar-refractivity contribution in [2.45, 2.75) is 6.73 Å². The number of anilines is 1. The second-order valence-electron chi connectivity index (χ2n) is 5.27. The molecule has 3 aromatic rings. The molecule has 0 atom stereocenters. The average molecular weight is 437 g/mol. The van der Waals surface area contributed by atoms with E-state index in [2.05, 4.69) is 26.3 Å². The highest BCUT2D eigenvalue weighted by Crippen LogP contribution is 2.27. The van der Waals surface area contributed by atoms with Gasteiger partial charge in [-0.2, -0.15) is 5.10 Å². The summed E-state index contributed by atoms with van der Waals surface area (Å²) in [7, 11) is 1.57. The number of hydrogen-bond acceptors (Lipinski definition) is 4. The van der Waals surface area contributed by atoms with Gasteiger partial charge in [-0.1, -0.05) is 33.6 Å². The molecule has 26 heavy (non-hydrogen) atoms. The molecule has 0 aliphatic rings. The molecule has 1 amide bonds. The maximum atomic E-state index is 12.3. The highest BCUT2D eigenvalue weighted by molar-refractivity contribution is 9.10. The molecule has 6 nitrogen and oxygen atoms in total. The SMILES string of the molecule is COc1cccc(NC(=O)c2ccn(COc3ccc(Br)cc3Cl)n2)c1. The zero-order chi connectivity index (χ0) is 18.5. The number of hydrogen-bond donors (Lipinski definition) is 1. The largest absolute Gasteiger partial charge is 0.497 e. The Morgan fingerprint density at radius 2 is 2.12 bits per heavy atom. The van der Waals surface area contributed by atoms with Crippen molar-refractivity contribution < 1.29 is 14.3 Å². The fraction of sp³-hybridized carbons (Fsp3) is 0.111. The van der Waals surface area contributed by atoms with Crippen molar-refractivity contribution in [2.75, 3.05) is 12.4 Å². The first-order valence-corrected chi connectivity index (χ1v) is 8.79. The van der Waals surface area contributed by atoms with Crippen molar-refractivity contribution >= 4 is 39.1 Å². The van der Waals surface area contributed by atoms with Crippen molar-refractivity contribution in [3.05, 3.63) is 69.9 Å². The van der Waals surface area contributed by atoms with Crippen molar-refractivity contribution in [3.8, 4) is 11.5 Å². The molecule has 1 heterocycles. The Hall–Kier alpha value is -2.51. The minimum atomic E-state index is -0.321. The van der Waals surface area contributed by atoms with Crippen LogP contribution in [0.5, 0.6) is 11.5 Å². The van der Waals surface area contributed by atoms with Crippen LogP contribution in [0.4, 0.5) is 5.69 Å². The number of benzene rings is 2. The van der Waals surface area contributed by atoms with Gasteiger partial charge in [-0.25, -0.2) is 4.68 Å². The van der Waals surface area contributed by atoms with Gasteiger partial charge in [0.25, 0.3) is 5.91 Å². The van der Waals surface area contributed by atoms with Gasteiger partial charge >= 0.3 is 0 Å². The van der Waals surface area contributed by atoms with Gasteiger partial charge in [-0.05, 0) is 36.4 Å². The lowest BCUT2D eigenvalue weighted by atomic mass is 10.3. The molecular weight excluding hydrogens is 422 g/mol. The van der Waals surface area contributed by atoms with E-state index in [4.69, 9.17) is 21.1 Å². The molecule has 134 valence electrons. The number of ether oxygens (including phenoxy) is 2. The lowest BCUT2D eigenvalue weighted by Gasteiger charge is -2.08. The summed E-state index contributed by atoms with van der Waals surface area (Å²) in [5.74, 6) is 0.875. The van der Waals surface area contributed by atoms with Gasteiger partial charge in [0, 0.05) is 22.4 Å². The van der Waals surface area contributed by atoms with Gasteiger partial charge < -0.3 is 14.8 Å². The van der Waals surface area contributed by atoms with Crippen LogP contribution in [0, 0.1) is 0 Å². The van der Waals surface area contributed by atoms with Crippen LogP contribution in [0.15, 0.2) is 59.2 Å². The van der Waals surface area contributed by atoms with Gasteiger partial charge in [0.2, 0.25) is 0 Å². The fourth-order valence-electron chi connectivity index (χ4n) is 2.18. The molecule has 0 unspecified atom stereocenters. The Bertz CT molecular complexity index is 930. The molecule has 0 saturated carbocycles. The number of methoxy groups -OCH3 is 1. The molecular formula is C18H15BrClN3O3. The second-order valence-corrected chi connectivity index (χ2v) is 6.60. The number of halogens is 2. The summed E-state index contributed by atoms with van der Waals surface area (Å²) in [5.41, 5.74) is 0.903. The summed E-state index contributed by atoms with van der Waals surface area (Å²) < 4.78 is 13.1. The molecule has 2 aromatic carbocycles. The van der Waals surface area contributed by atoms with E-state index in [1.807, 2.05) is 6.07 Å². The van der Waals surface area contributed by atoms with Crippen LogP contribution in [0.2, 0.25) is 5.02 Å². The average Bonchev–Trinajstić information content (AvgIpc) is 3.10. The highest BCUT2D eigenvalue weighted by Gasteiger charge is 2.11.